The summed E-state index contributed by atoms with van der Waals surface area (Å²) in [6, 6.07) is 9.17. The topological polar surface area (TPSA) is 54.9 Å². The van der Waals surface area contributed by atoms with Gasteiger partial charge in [0.1, 0.15) is 0 Å². The number of aryl methyl sites for hydroxylation is 2. The molecular weight excluding hydrogens is 262 g/mol. The van der Waals surface area contributed by atoms with Crippen LogP contribution in [0.2, 0.25) is 0 Å². The third-order valence-corrected chi connectivity index (χ3v) is 3.04. The molecule has 0 spiro atoms. The molecular formula is C14H14ClN3O. The Kier molecular flexibility index (Phi) is 4.12. The standard InChI is InChI=1S/C14H14ClN3O/c1-9-7-12(10(2)18-17-9)14(19)16-13-6-4-3-5-11(13)8-15/h3-7H,8H2,1-2H3,(H,16,19). The largest absolute Gasteiger partial charge is 0.322 e. The molecule has 0 aliphatic heterocycles. The molecule has 0 unspecified atom stereocenters. The highest BCUT2D eigenvalue weighted by Gasteiger charge is 2.12. The van der Waals surface area contributed by atoms with Gasteiger partial charge in [0.15, 0.2) is 0 Å². The lowest BCUT2D eigenvalue weighted by Crippen LogP contribution is -2.16. The first-order valence-corrected chi connectivity index (χ1v) is 6.41. The molecule has 5 heteroatoms. The summed E-state index contributed by atoms with van der Waals surface area (Å²) in [7, 11) is 0. The van der Waals surface area contributed by atoms with E-state index in [1.54, 1.807) is 19.9 Å². The summed E-state index contributed by atoms with van der Waals surface area (Å²) in [6.07, 6.45) is 0. The molecule has 1 heterocycles. The van der Waals surface area contributed by atoms with Crippen molar-refractivity contribution in [3.05, 3.63) is 52.8 Å². The smallest absolute Gasteiger partial charge is 0.257 e. The Labute approximate surface area is 116 Å². The first-order chi connectivity index (χ1) is 9.11. The Hall–Kier alpha value is -1.94. The van der Waals surface area contributed by atoms with E-state index >= 15 is 0 Å². The van der Waals surface area contributed by atoms with E-state index in [0.717, 1.165) is 11.3 Å². The Morgan fingerprint density at radius 1 is 1.26 bits per heavy atom. The first-order valence-electron chi connectivity index (χ1n) is 5.88. The summed E-state index contributed by atoms with van der Waals surface area (Å²) in [4.78, 5) is 12.2. The number of carbonyl (C=O) groups excluding carboxylic acids is 1. The third kappa shape index (κ3) is 3.09. The lowest BCUT2D eigenvalue weighted by molar-refractivity contribution is 0.102. The number of halogens is 1. The van der Waals surface area contributed by atoms with E-state index in [0.29, 0.717) is 22.8 Å². The fourth-order valence-electron chi connectivity index (χ4n) is 1.73. The molecule has 0 aliphatic carbocycles. The van der Waals surface area contributed by atoms with Crippen molar-refractivity contribution in [3.8, 4) is 0 Å². The highest BCUT2D eigenvalue weighted by Crippen LogP contribution is 2.18. The normalized spacial score (nSPS) is 10.3. The zero-order valence-electron chi connectivity index (χ0n) is 10.8. The molecule has 1 aromatic carbocycles. The number of amides is 1. The van der Waals surface area contributed by atoms with Gasteiger partial charge in [-0.15, -0.1) is 11.6 Å². The van der Waals surface area contributed by atoms with E-state index < -0.39 is 0 Å². The fourth-order valence-corrected chi connectivity index (χ4v) is 1.96. The van der Waals surface area contributed by atoms with Gasteiger partial charge in [0, 0.05) is 11.6 Å². The molecule has 0 saturated carbocycles. The van der Waals surface area contributed by atoms with Crippen LogP contribution in [0.25, 0.3) is 0 Å². The second kappa shape index (κ2) is 5.80. The lowest BCUT2D eigenvalue weighted by Gasteiger charge is -2.10. The zero-order chi connectivity index (χ0) is 13.8. The van der Waals surface area contributed by atoms with E-state index in [2.05, 4.69) is 15.5 Å². The molecule has 0 bridgehead atoms. The Bertz CT molecular complexity index is 613. The van der Waals surface area contributed by atoms with Crippen LogP contribution in [0.1, 0.15) is 27.3 Å². The van der Waals surface area contributed by atoms with Gasteiger partial charge in [0.05, 0.1) is 17.0 Å². The Morgan fingerprint density at radius 2 is 2.00 bits per heavy atom. The van der Waals surface area contributed by atoms with Crippen molar-refractivity contribution < 1.29 is 4.79 Å². The first kappa shape index (κ1) is 13.5. The highest BCUT2D eigenvalue weighted by molar-refractivity contribution is 6.17. The maximum Gasteiger partial charge on any atom is 0.257 e. The molecule has 98 valence electrons. The number of carbonyl (C=O) groups is 1. The summed E-state index contributed by atoms with van der Waals surface area (Å²) in [5.41, 5.74) is 3.44. The number of anilines is 1. The molecule has 19 heavy (non-hydrogen) atoms. The Morgan fingerprint density at radius 3 is 2.74 bits per heavy atom. The number of benzene rings is 1. The van der Waals surface area contributed by atoms with E-state index in [1.165, 1.54) is 0 Å². The molecule has 2 aromatic rings. The number of aromatic nitrogens is 2. The van der Waals surface area contributed by atoms with Gasteiger partial charge in [-0.2, -0.15) is 10.2 Å². The van der Waals surface area contributed by atoms with Gasteiger partial charge in [0.2, 0.25) is 0 Å². The van der Waals surface area contributed by atoms with Crippen molar-refractivity contribution in [1.29, 1.82) is 0 Å². The minimum absolute atomic E-state index is 0.201. The number of hydrogen-bond acceptors (Lipinski definition) is 3. The molecule has 4 nitrogen and oxygen atoms in total. The van der Waals surface area contributed by atoms with Gasteiger partial charge < -0.3 is 5.32 Å². The number of rotatable bonds is 3. The average Bonchev–Trinajstić information content (AvgIpc) is 2.42. The summed E-state index contributed by atoms with van der Waals surface area (Å²) in [5.74, 6) is 0.149. The summed E-state index contributed by atoms with van der Waals surface area (Å²) in [5, 5.41) is 10.7. The lowest BCUT2D eigenvalue weighted by atomic mass is 10.1. The number of nitrogens with one attached hydrogen (secondary N) is 1. The zero-order valence-corrected chi connectivity index (χ0v) is 11.5. The van der Waals surface area contributed by atoms with Crippen molar-refractivity contribution in [2.45, 2.75) is 19.7 Å². The predicted octanol–water partition coefficient (Wildman–Crippen LogP) is 3.08. The molecule has 1 aromatic heterocycles. The third-order valence-electron chi connectivity index (χ3n) is 2.75. The van der Waals surface area contributed by atoms with Crippen LogP contribution in [-0.4, -0.2) is 16.1 Å². The van der Waals surface area contributed by atoms with Crippen LogP contribution in [0.5, 0.6) is 0 Å². The van der Waals surface area contributed by atoms with Crippen LogP contribution in [0.3, 0.4) is 0 Å². The molecule has 0 aliphatic rings. The second-order valence-corrected chi connectivity index (χ2v) is 4.50. The van der Waals surface area contributed by atoms with Gasteiger partial charge in [0.25, 0.3) is 5.91 Å². The van der Waals surface area contributed by atoms with Gasteiger partial charge in [-0.1, -0.05) is 18.2 Å². The molecule has 2 rings (SSSR count). The number of para-hydroxylation sites is 1. The van der Waals surface area contributed by atoms with Crippen LogP contribution >= 0.6 is 11.6 Å². The van der Waals surface area contributed by atoms with Crippen molar-refractivity contribution in [3.63, 3.8) is 0 Å². The number of alkyl halides is 1. The minimum atomic E-state index is -0.201. The molecule has 0 fully saturated rings. The maximum atomic E-state index is 12.2. The van der Waals surface area contributed by atoms with Crippen molar-refractivity contribution in [2.24, 2.45) is 0 Å². The fraction of sp³-hybridized carbons (Fsp3) is 0.214. The second-order valence-electron chi connectivity index (χ2n) is 4.23. The van der Waals surface area contributed by atoms with Crippen LogP contribution in [0.15, 0.2) is 30.3 Å². The maximum absolute atomic E-state index is 12.2. The SMILES string of the molecule is Cc1cc(C(=O)Nc2ccccc2CCl)c(C)nn1. The van der Waals surface area contributed by atoms with E-state index in [4.69, 9.17) is 11.6 Å². The predicted molar refractivity (Wildman–Crippen MR) is 75.5 cm³/mol. The van der Waals surface area contributed by atoms with Gasteiger partial charge in [-0.05, 0) is 31.5 Å². The van der Waals surface area contributed by atoms with E-state index in [-0.39, 0.29) is 5.91 Å². The number of nitrogens with zero attached hydrogens (tertiary/aromatic N) is 2. The molecule has 1 amide bonds. The van der Waals surface area contributed by atoms with E-state index in [9.17, 15) is 4.79 Å². The van der Waals surface area contributed by atoms with Gasteiger partial charge in [-0.25, -0.2) is 0 Å². The average molecular weight is 276 g/mol. The van der Waals surface area contributed by atoms with Crippen molar-refractivity contribution >= 4 is 23.2 Å². The Balaban J connectivity index is 2.28. The summed E-state index contributed by atoms with van der Waals surface area (Å²) < 4.78 is 0. The van der Waals surface area contributed by atoms with Crippen LogP contribution in [-0.2, 0) is 5.88 Å². The molecule has 0 atom stereocenters. The number of hydrogen-bond donors (Lipinski definition) is 1. The summed E-state index contributed by atoms with van der Waals surface area (Å²) in [6.45, 7) is 3.56. The van der Waals surface area contributed by atoms with E-state index in [1.807, 2.05) is 24.3 Å². The monoisotopic (exact) mass is 275 g/mol. The molecule has 1 N–H and O–H groups in total. The summed E-state index contributed by atoms with van der Waals surface area (Å²) >= 11 is 5.84. The van der Waals surface area contributed by atoms with Crippen LogP contribution in [0, 0.1) is 13.8 Å². The van der Waals surface area contributed by atoms with Gasteiger partial charge in [-0.3, -0.25) is 4.79 Å². The van der Waals surface area contributed by atoms with Gasteiger partial charge >= 0.3 is 0 Å². The van der Waals surface area contributed by atoms with Crippen LogP contribution < -0.4 is 5.32 Å². The minimum Gasteiger partial charge on any atom is -0.322 e. The van der Waals surface area contributed by atoms with Crippen LogP contribution in [0.4, 0.5) is 5.69 Å². The van der Waals surface area contributed by atoms with Crippen molar-refractivity contribution in [2.75, 3.05) is 5.32 Å². The molecule has 0 saturated heterocycles. The van der Waals surface area contributed by atoms with Crippen molar-refractivity contribution in [1.82, 2.24) is 10.2 Å². The highest BCUT2D eigenvalue weighted by atomic mass is 35.5. The quantitative estimate of drug-likeness (QED) is 0.876. The molecule has 0 radical (unpaired) electrons.